The van der Waals surface area contributed by atoms with Gasteiger partial charge in [-0.25, -0.2) is 4.99 Å². The van der Waals surface area contributed by atoms with E-state index in [9.17, 15) is 0 Å². The maximum absolute atomic E-state index is 4.65. The van der Waals surface area contributed by atoms with E-state index in [1.54, 1.807) is 0 Å². The van der Waals surface area contributed by atoms with E-state index in [0.717, 1.165) is 41.5 Å². The van der Waals surface area contributed by atoms with Crippen LogP contribution in [0.2, 0.25) is 0 Å². The lowest BCUT2D eigenvalue weighted by Gasteiger charge is -2.18. The maximum atomic E-state index is 4.65. The maximum Gasteiger partial charge on any atom is 0.191 e. The van der Waals surface area contributed by atoms with E-state index in [2.05, 4.69) is 79.5 Å². The van der Waals surface area contributed by atoms with E-state index in [1.165, 1.54) is 5.56 Å². The van der Waals surface area contributed by atoms with E-state index >= 15 is 0 Å². The summed E-state index contributed by atoms with van der Waals surface area (Å²) in [7, 11) is 1.95. The standard InChI is InChI=1S/C20H29BrN6.HI/c1-5-10-22-20(24-14-19-26-25-15(3)27(19)4)23-13-16(6-2)11-17-8-7-9-18(21)12-17;/h5,7-9,12,16H,1,6,10-11,13-14H2,2-4H3,(H2,22,23,24);1H. The van der Waals surface area contributed by atoms with Crippen molar-refractivity contribution < 1.29 is 0 Å². The third-order valence-corrected chi connectivity index (χ3v) is 5.02. The van der Waals surface area contributed by atoms with Crippen LogP contribution in [0.1, 0.15) is 30.6 Å². The molecule has 154 valence electrons. The van der Waals surface area contributed by atoms with Crippen molar-refractivity contribution >= 4 is 45.9 Å². The quantitative estimate of drug-likeness (QED) is 0.211. The Balaban J connectivity index is 0.00000392. The highest BCUT2D eigenvalue weighted by Crippen LogP contribution is 2.16. The van der Waals surface area contributed by atoms with Crippen LogP contribution in [0.4, 0.5) is 0 Å². The van der Waals surface area contributed by atoms with E-state index in [4.69, 9.17) is 0 Å². The molecule has 0 radical (unpaired) electrons. The second kappa shape index (κ2) is 12.9. The van der Waals surface area contributed by atoms with E-state index < -0.39 is 0 Å². The molecule has 2 aromatic rings. The Morgan fingerprint density at radius 2 is 2.14 bits per heavy atom. The van der Waals surface area contributed by atoms with Gasteiger partial charge in [-0.2, -0.15) is 0 Å². The molecule has 0 saturated heterocycles. The second-order valence-electron chi connectivity index (χ2n) is 6.55. The summed E-state index contributed by atoms with van der Waals surface area (Å²) in [5.41, 5.74) is 1.34. The largest absolute Gasteiger partial charge is 0.356 e. The Morgan fingerprint density at radius 3 is 2.75 bits per heavy atom. The van der Waals surface area contributed by atoms with E-state index in [1.807, 2.05) is 24.6 Å². The van der Waals surface area contributed by atoms with Crippen LogP contribution in [0, 0.1) is 12.8 Å². The lowest BCUT2D eigenvalue weighted by Crippen LogP contribution is -2.40. The predicted octanol–water partition coefficient (Wildman–Crippen LogP) is 3.99. The highest BCUT2D eigenvalue weighted by Gasteiger charge is 2.10. The van der Waals surface area contributed by atoms with Crippen LogP contribution < -0.4 is 10.6 Å². The highest BCUT2D eigenvalue weighted by molar-refractivity contribution is 14.0. The number of halogens is 2. The Bertz CT molecular complexity index is 774. The number of aryl methyl sites for hydroxylation is 1. The average molecular weight is 561 g/mol. The number of aliphatic imine (C=N–C) groups is 1. The molecule has 0 fully saturated rings. The van der Waals surface area contributed by atoms with E-state index in [0.29, 0.717) is 19.0 Å². The lowest BCUT2D eigenvalue weighted by molar-refractivity contribution is 0.494. The van der Waals surface area contributed by atoms with Gasteiger partial charge >= 0.3 is 0 Å². The van der Waals surface area contributed by atoms with Gasteiger partial charge < -0.3 is 15.2 Å². The van der Waals surface area contributed by atoms with Gasteiger partial charge in [0.15, 0.2) is 11.8 Å². The Hall–Kier alpha value is -1.42. The van der Waals surface area contributed by atoms with Crippen molar-refractivity contribution in [3.63, 3.8) is 0 Å². The van der Waals surface area contributed by atoms with Crippen molar-refractivity contribution in [3.8, 4) is 0 Å². The smallest absolute Gasteiger partial charge is 0.191 e. The molecular formula is C20H30BrIN6. The summed E-state index contributed by atoms with van der Waals surface area (Å²) in [6, 6.07) is 8.50. The van der Waals surface area contributed by atoms with Crippen LogP contribution >= 0.6 is 39.9 Å². The molecule has 1 atom stereocenters. The summed E-state index contributed by atoms with van der Waals surface area (Å²) < 4.78 is 3.08. The van der Waals surface area contributed by atoms with Crippen molar-refractivity contribution in [2.24, 2.45) is 18.0 Å². The normalized spacial score (nSPS) is 12.2. The van der Waals surface area contributed by atoms with Crippen molar-refractivity contribution in [1.82, 2.24) is 25.4 Å². The third-order valence-electron chi connectivity index (χ3n) is 4.52. The van der Waals surface area contributed by atoms with Crippen LogP contribution in [-0.4, -0.2) is 33.8 Å². The third kappa shape index (κ3) is 7.90. The van der Waals surface area contributed by atoms with E-state index in [-0.39, 0.29) is 24.0 Å². The first kappa shape index (κ1) is 24.6. The fourth-order valence-electron chi connectivity index (χ4n) is 2.68. The SMILES string of the molecule is C=CCNC(=NCc1nnc(C)n1C)NCC(CC)Cc1cccc(Br)c1.I. The Morgan fingerprint density at radius 1 is 1.36 bits per heavy atom. The number of benzene rings is 1. The molecule has 0 aliphatic carbocycles. The molecule has 0 saturated carbocycles. The van der Waals surface area contributed by atoms with Gasteiger partial charge in [0.1, 0.15) is 12.4 Å². The minimum atomic E-state index is 0. The fourth-order valence-corrected chi connectivity index (χ4v) is 3.13. The molecule has 2 rings (SSSR count). The van der Waals surface area contributed by atoms with Crippen molar-refractivity contribution in [2.45, 2.75) is 33.2 Å². The predicted molar refractivity (Wildman–Crippen MR) is 130 cm³/mol. The molecule has 0 amide bonds. The van der Waals surface area contributed by atoms with Crippen LogP contribution in [0.25, 0.3) is 0 Å². The van der Waals surface area contributed by atoms with Crippen LogP contribution in [0.15, 0.2) is 46.4 Å². The Kier molecular flexibility index (Phi) is 11.4. The van der Waals surface area contributed by atoms with Gasteiger partial charge in [0.25, 0.3) is 0 Å². The van der Waals surface area contributed by atoms with Gasteiger partial charge in [-0.15, -0.1) is 40.8 Å². The molecule has 1 aromatic carbocycles. The summed E-state index contributed by atoms with van der Waals surface area (Å²) >= 11 is 3.55. The Labute approximate surface area is 193 Å². The first-order valence-corrected chi connectivity index (χ1v) is 10.0. The molecule has 0 aliphatic heterocycles. The van der Waals surface area contributed by atoms with Gasteiger partial charge in [-0.1, -0.05) is 47.5 Å². The zero-order chi connectivity index (χ0) is 19.6. The van der Waals surface area contributed by atoms with Gasteiger partial charge in [-0.05, 0) is 37.0 Å². The fraction of sp³-hybridized carbons (Fsp3) is 0.450. The topological polar surface area (TPSA) is 67.1 Å². The van der Waals surface area contributed by atoms with Crippen molar-refractivity contribution in [1.29, 1.82) is 0 Å². The minimum absolute atomic E-state index is 0. The second-order valence-corrected chi connectivity index (χ2v) is 7.46. The number of rotatable bonds is 9. The molecule has 1 unspecified atom stereocenters. The first-order chi connectivity index (χ1) is 13.0. The molecule has 0 bridgehead atoms. The van der Waals surface area contributed by atoms with Crippen LogP contribution in [-0.2, 0) is 20.0 Å². The zero-order valence-corrected chi connectivity index (χ0v) is 20.7. The molecule has 0 aliphatic rings. The molecule has 6 nitrogen and oxygen atoms in total. The monoisotopic (exact) mass is 560 g/mol. The van der Waals surface area contributed by atoms with Crippen molar-refractivity contribution in [2.75, 3.05) is 13.1 Å². The van der Waals surface area contributed by atoms with Crippen LogP contribution in [0.3, 0.4) is 0 Å². The molecule has 1 heterocycles. The van der Waals surface area contributed by atoms with Crippen molar-refractivity contribution in [3.05, 3.63) is 58.6 Å². The van der Waals surface area contributed by atoms with Gasteiger partial charge in [0.05, 0.1) is 0 Å². The van der Waals surface area contributed by atoms with Gasteiger partial charge in [0.2, 0.25) is 0 Å². The highest BCUT2D eigenvalue weighted by atomic mass is 127. The first-order valence-electron chi connectivity index (χ1n) is 9.25. The molecular weight excluding hydrogens is 531 g/mol. The van der Waals surface area contributed by atoms with Gasteiger partial charge in [0, 0.05) is 24.6 Å². The zero-order valence-electron chi connectivity index (χ0n) is 16.8. The summed E-state index contributed by atoms with van der Waals surface area (Å²) in [4.78, 5) is 4.65. The average Bonchev–Trinajstić information content (AvgIpc) is 2.98. The van der Waals surface area contributed by atoms with Gasteiger partial charge in [-0.3, -0.25) is 0 Å². The molecule has 8 heteroatoms. The van der Waals surface area contributed by atoms with Crippen LogP contribution in [0.5, 0.6) is 0 Å². The minimum Gasteiger partial charge on any atom is -0.356 e. The summed E-state index contributed by atoms with van der Waals surface area (Å²) in [5, 5.41) is 15.0. The summed E-state index contributed by atoms with van der Waals surface area (Å²) in [6.45, 7) is 9.91. The number of aromatic nitrogens is 3. The number of nitrogens with one attached hydrogen (secondary N) is 2. The number of hydrogen-bond donors (Lipinski definition) is 2. The number of hydrogen-bond acceptors (Lipinski definition) is 3. The number of nitrogens with zero attached hydrogens (tertiary/aromatic N) is 4. The molecule has 1 aromatic heterocycles. The lowest BCUT2D eigenvalue weighted by atomic mass is 9.97. The summed E-state index contributed by atoms with van der Waals surface area (Å²) in [6.07, 6.45) is 3.94. The molecule has 2 N–H and O–H groups in total. The number of guanidine groups is 1. The molecule has 28 heavy (non-hydrogen) atoms. The molecule has 0 spiro atoms. The summed E-state index contributed by atoms with van der Waals surface area (Å²) in [5.74, 6) is 3.01.